The summed E-state index contributed by atoms with van der Waals surface area (Å²) in [4.78, 5) is 15.1. The van der Waals surface area contributed by atoms with Crippen LogP contribution in [0.1, 0.15) is 27.9 Å². The number of nitrogens with zero attached hydrogens (tertiary/aromatic N) is 1. The second-order valence-electron chi connectivity index (χ2n) is 6.73. The molecule has 0 aromatic heterocycles. The van der Waals surface area contributed by atoms with Crippen molar-refractivity contribution in [2.24, 2.45) is 0 Å². The van der Waals surface area contributed by atoms with Crippen molar-refractivity contribution in [2.75, 3.05) is 34.4 Å². The van der Waals surface area contributed by atoms with Gasteiger partial charge in [-0.05, 0) is 30.7 Å². The Morgan fingerprint density at radius 1 is 1.14 bits per heavy atom. The maximum absolute atomic E-state index is 12.9. The summed E-state index contributed by atoms with van der Waals surface area (Å²) < 4.78 is 10.9. The van der Waals surface area contributed by atoms with Crippen LogP contribution in [0.25, 0.3) is 11.6 Å². The van der Waals surface area contributed by atoms with Crippen LogP contribution in [0.15, 0.2) is 48.6 Å². The summed E-state index contributed by atoms with van der Waals surface area (Å²) in [5.41, 5.74) is 2.58. The average molecular weight is 379 g/mol. The van der Waals surface area contributed by atoms with Crippen molar-refractivity contribution in [3.63, 3.8) is 0 Å². The normalized spacial score (nSPS) is 14.8. The van der Waals surface area contributed by atoms with Crippen LogP contribution < -0.4 is 9.47 Å². The van der Waals surface area contributed by atoms with Crippen molar-refractivity contribution in [1.29, 1.82) is 0 Å². The minimum absolute atomic E-state index is 0.102. The molecule has 5 nitrogen and oxygen atoms in total. The number of allylic oxidation sites excluding steroid dienone is 1. The quantitative estimate of drug-likeness (QED) is 0.607. The van der Waals surface area contributed by atoms with E-state index in [9.17, 15) is 9.90 Å². The van der Waals surface area contributed by atoms with E-state index in [1.54, 1.807) is 19.3 Å². The number of hydrogen-bond donors (Lipinski definition) is 1. The molecule has 0 radical (unpaired) electrons. The number of ether oxygens (including phenoxy) is 2. The van der Waals surface area contributed by atoms with Crippen molar-refractivity contribution >= 4 is 17.4 Å². The van der Waals surface area contributed by atoms with Gasteiger partial charge in [-0.1, -0.05) is 42.5 Å². The lowest BCUT2D eigenvalue weighted by Crippen LogP contribution is -2.23. The predicted molar refractivity (Wildman–Crippen MR) is 111 cm³/mol. The largest absolute Gasteiger partial charge is 0.506 e. The highest BCUT2D eigenvalue weighted by molar-refractivity contribution is 6.11. The fourth-order valence-electron chi connectivity index (χ4n) is 3.31. The van der Waals surface area contributed by atoms with E-state index >= 15 is 0 Å². The molecule has 5 heteroatoms. The van der Waals surface area contributed by atoms with E-state index in [-0.39, 0.29) is 22.8 Å². The summed E-state index contributed by atoms with van der Waals surface area (Å²) in [7, 11) is 5.06. The molecular weight excluding hydrogens is 354 g/mol. The van der Waals surface area contributed by atoms with Gasteiger partial charge in [-0.25, -0.2) is 0 Å². The number of rotatable bonds is 6. The molecule has 2 aromatic rings. The Bertz CT molecular complexity index is 916. The fourth-order valence-corrected chi connectivity index (χ4v) is 3.31. The summed E-state index contributed by atoms with van der Waals surface area (Å²) in [6, 6.07) is 11.2. The molecular formula is C23H25NO4. The summed E-state index contributed by atoms with van der Waals surface area (Å²) in [5.74, 6) is 0.355. The SMILES string of the molecule is COc1cc(OC)c(C2=CCN(C)CC2)c(O)c1C(=O)C=Cc1ccccc1. The lowest BCUT2D eigenvalue weighted by atomic mass is 9.93. The van der Waals surface area contributed by atoms with Crippen LogP contribution in [0.3, 0.4) is 0 Å². The van der Waals surface area contributed by atoms with E-state index in [2.05, 4.69) is 11.0 Å². The van der Waals surface area contributed by atoms with E-state index < -0.39 is 0 Å². The number of methoxy groups -OCH3 is 2. The van der Waals surface area contributed by atoms with E-state index in [0.717, 1.165) is 30.6 Å². The number of benzene rings is 2. The van der Waals surface area contributed by atoms with Gasteiger partial charge in [0.05, 0.1) is 19.8 Å². The number of carbonyl (C=O) groups is 1. The third-order valence-electron chi connectivity index (χ3n) is 4.87. The smallest absolute Gasteiger partial charge is 0.193 e. The number of hydrogen-bond acceptors (Lipinski definition) is 5. The van der Waals surface area contributed by atoms with Crippen molar-refractivity contribution in [1.82, 2.24) is 4.90 Å². The number of phenolic OH excluding ortho intramolecular Hbond substituents is 1. The molecule has 146 valence electrons. The third kappa shape index (κ3) is 4.10. The molecule has 0 saturated carbocycles. The number of ketones is 1. The van der Waals surface area contributed by atoms with Gasteiger partial charge in [-0.2, -0.15) is 0 Å². The molecule has 2 aromatic carbocycles. The van der Waals surface area contributed by atoms with E-state index in [1.165, 1.54) is 13.2 Å². The summed E-state index contributed by atoms with van der Waals surface area (Å²) in [6.45, 7) is 1.65. The average Bonchev–Trinajstić information content (AvgIpc) is 2.72. The van der Waals surface area contributed by atoms with Gasteiger partial charge in [-0.15, -0.1) is 0 Å². The molecule has 1 aliphatic heterocycles. The fraction of sp³-hybridized carbons (Fsp3) is 0.261. The van der Waals surface area contributed by atoms with Crippen LogP contribution in [-0.2, 0) is 0 Å². The maximum Gasteiger partial charge on any atom is 0.193 e. The van der Waals surface area contributed by atoms with Crippen molar-refractivity contribution < 1.29 is 19.4 Å². The topological polar surface area (TPSA) is 59.0 Å². The molecule has 0 spiro atoms. The number of aromatic hydroxyl groups is 1. The van der Waals surface area contributed by atoms with Crippen molar-refractivity contribution in [3.8, 4) is 17.2 Å². The highest BCUT2D eigenvalue weighted by Gasteiger charge is 2.26. The predicted octanol–water partition coefficient (Wildman–Crippen LogP) is 4.02. The summed E-state index contributed by atoms with van der Waals surface area (Å²) in [5, 5.41) is 11.0. The minimum atomic E-state index is -0.323. The first-order valence-corrected chi connectivity index (χ1v) is 9.18. The van der Waals surface area contributed by atoms with Crippen molar-refractivity contribution in [2.45, 2.75) is 6.42 Å². The zero-order valence-electron chi connectivity index (χ0n) is 16.4. The standard InChI is InChI=1S/C23H25NO4/c1-24-13-11-17(12-14-24)21-19(27-2)15-20(28-3)22(23(21)26)18(25)10-9-16-7-5-4-6-8-16/h4-11,15,26H,12-14H2,1-3H3. The maximum atomic E-state index is 12.9. The van der Waals surface area contributed by atoms with E-state index in [4.69, 9.17) is 9.47 Å². The van der Waals surface area contributed by atoms with Crippen LogP contribution >= 0.6 is 0 Å². The Morgan fingerprint density at radius 3 is 2.46 bits per heavy atom. The zero-order chi connectivity index (χ0) is 20.1. The Balaban J connectivity index is 2.06. The molecule has 0 unspecified atom stereocenters. The molecule has 0 fully saturated rings. The number of likely N-dealkylation sites (N-methyl/N-ethyl adjacent to an activating group) is 1. The van der Waals surface area contributed by atoms with Gasteiger partial charge in [0.1, 0.15) is 22.8 Å². The van der Waals surface area contributed by atoms with Crippen LogP contribution in [0.4, 0.5) is 0 Å². The number of carbonyl (C=O) groups excluding carboxylic acids is 1. The zero-order valence-corrected chi connectivity index (χ0v) is 16.4. The summed E-state index contributed by atoms with van der Waals surface area (Å²) in [6.07, 6.45) is 5.99. The van der Waals surface area contributed by atoms with Crippen LogP contribution in [0.5, 0.6) is 17.2 Å². The first-order chi connectivity index (χ1) is 13.5. The van der Waals surface area contributed by atoms with Gasteiger partial charge in [0.15, 0.2) is 5.78 Å². The summed E-state index contributed by atoms with van der Waals surface area (Å²) >= 11 is 0. The molecule has 1 aliphatic rings. The second-order valence-corrected chi connectivity index (χ2v) is 6.73. The van der Waals surface area contributed by atoms with E-state index in [0.29, 0.717) is 11.3 Å². The molecule has 1 heterocycles. The first kappa shape index (κ1) is 19.7. The first-order valence-electron chi connectivity index (χ1n) is 9.18. The monoisotopic (exact) mass is 379 g/mol. The molecule has 0 atom stereocenters. The molecule has 3 rings (SSSR count). The molecule has 0 amide bonds. The lowest BCUT2D eigenvalue weighted by Gasteiger charge is -2.24. The third-order valence-corrected chi connectivity index (χ3v) is 4.87. The van der Waals surface area contributed by atoms with Gasteiger partial charge in [0.25, 0.3) is 0 Å². The molecule has 0 bridgehead atoms. The highest BCUT2D eigenvalue weighted by atomic mass is 16.5. The van der Waals surface area contributed by atoms with Gasteiger partial charge >= 0.3 is 0 Å². The Labute approximate surface area is 165 Å². The van der Waals surface area contributed by atoms with E-state index in [1.807, 2.05) is 37.4 Å². The molecule has 1 N–H and O–H groups in total. The van der Waals surface area contributed by atoms with Gasteiger partial charge < -0.3 is 19.5 Å². The lowest BCUT2D eigenvalue weighted by molar-refractivity contribution is 0.104. The van der Waals surface area contributed by atoms with Gasteiger partial charge in [-0.3, -0.25) is 4.79 Å². The number of phenols is 1. The molecule has 28 heavy (non-hydrogen) atoms. The van der Waals surface area contributed by atoms with Crippen molar-refractivity contribution in [3.05, 3.63) is 65.2 Å². The van der Waals surface area contributed by atoms with Gasteiger partial charge in [0, 0.05) is 19.2 Å². The van der Waals surface area contributed by atoms with Gasteiger partial charge in [0.2, 0.25) is 0 Å². The minimum Gasteiger partial charge on any atom is -0.506 e. The Hall–Kier alpha value is -3.05. The Kier molecular flexibility index (Phi) is 6.16. The highest BCUT2D eigenvalue weighted by Crippen LogP contribution is 2.44. The second kappa shape index (κ2) is 8.76. The molecule has 0 aliphatic carbocycles. The molecule has 0 saturated heterocycles. The van der Waals surface area contributed by atoms with Crippen LogP contribution in [0.2, 0.25) is 0 Å². The Morgan fingerprint density at radius 2 is 1.86 bits per heavy atom. The van der Waals surface area contributed by atoms with Crippen LogP contribution in [-0.4, -0.2) is 50.1 Å². The van der Waals surface area contributed by atoms with Crippen LogP contribution in [0, 0.1) is 0 Å².